The van der Waals surface area contributed by atoms with Gasteiger partial charge >= 0.3 is 0 Å². The van der Waals surface area contributed by atoms with Gasteiger partial charge in [0.25, 0.3) is 0 Å². The van der Waals surface area contributed by atoms with Crippen LogP contribution in [0.1, 0.15) is 28.3 Å². The molecule has 0 aromatic heterocycles. The van der Waals surface area contributed by atoms with E-state index < -0.39 is 16.1 Å². The van der Waals surface area contributed by atoms with Crippen molar-refractivity contribution < 1.29 is 12.8 Å². The molecule has 5 heteroatoms. The zero-order valence-electron chi connectivity index (χ0n) is 14.4. The molecule has 0 aliphatic heterocycles. The molecule has 0 spiro atoms. The summed E-state index contributed by atoms with van der Waals surface area (Å²) in [5.41, 5.74) is 3.37. The maximum Gasteiger partial charge on any atom is 0.216 e. The number of sulfonamides is 1. The van der Waals surface area contributed by atoms with Crippen LogP contribution in [0.25, 0.3) is 0 Å². The van der Waals surface area contributed by atoms with E-state index in [4.69, 9.17) is 0 Å². The highest BCUT2D eigenvalue weighted by Gasteiger charge is 2.21. The summed E-state index contributed by atoms with van der Waals surface area (Å²) in [6.07, 6.45) is 0. The molecule has 0 bridgehead atoms. The van der Waals surface area contributed by atoms with Gasteiger partial charge in [0.05, 0.1) is 11.8 Å². The molecule has 3 aromatic rings. The van der Waals surface area contributed by atoms with Crippen LogP contribution < -0.4 is 4.72 Å². The van der Waals surface area contributed by atoms with Gasteiger partial charge in [-0.1, -0.05) is 72.3 Å². The Morgan fingerprint density at radius 2 is 1.42 bits per heavy atom. The van der Waals surface area contributed by atoms with Crippen molar-refractivity contribution in [2.24, 2.45) is 0 Å². The molecule has 0 unspecified atom stereocenters. The van der Waals surface area contributed by atoms with E-state index in [0.29, 0.717) is 5.56 Å². The predicted octanol–water partition coefficient (Wildman–Crippen LogP) is 4.34. The largest absolute Gasteiger partial charge is 0.216 e. The Morgan fingerprint density at radius 1 is 0.846 bits per heavy atom. The average molecular weight is 369 g/mol. The van der Waals surface area contributed by atoms with Crippen LogP contribution in [0.2, 0.25) is 0 Å². The fourth-order valence-corrected chi connectivity index (χ4v) is 4.10. The van der Waals surface area contributed by atoms with E-state index in [1.807, 2.05) is 61.5 Å². The van der Waals surface area contributed by atoms with E-state index in [1.165, 1.54) is 24.3 Å². The summed E-state index contributed by atoms with van der Waals surface area (Å²) in [6.45, 7) is 1.99. The first-order valence-corrected chi connectivity index (χ1v) is 9.94. The van der Waals surface area contributed by atoms with Crippen molar-refractivity contribution >= 4 is 10.0 Å². The van der Waals surface area contributed by atoms with Gasteiger partial charge in [-0.3, -0.25) is 0 Å². The summed E-state index contributed by atoms with van der Waals surface area (Å²) in [4.78, 5) is 0. The average Bonchev–Trinajstić information content (AvgIpc) is 2.63. The van der Waals surface area contributed by atoms with Gasteiger partial charge in [-0.25, -0.2) is 17.5 Å². The molecule has 3 aromatic carbocycles. The summed E-state index contributed by atoms with van der Waals surface area (Å²) in [6, 6.07) is 22.2. The van der Waals surface area contributed by atoms with E-state index in [-0.39, 0.29) is 11.6 Å². The fourth-order valence-electron chi connectivity index (χ4n) is 2.75. The maximum atomic E-state index is 13.0. The second-order valence-corrected chi connectivity index (χ2v) is 8.01. The SMILES string of the molecule is Cc1ccc([C@H](NS(=O)(=O)Cc2ccc(F)cc2)c2ccccc2)cc1. The maximum absolute atomic E-state index is 13.0. The first-order valence-electron chi connectivity index (χ1n) is 8.29. The molecule has 0 fully saturated rings. The van der Waals surface area contributed by atoms with Gasteiger partial charge in [0, 0.05) is 0 Å². The molecule has 0 heterocycles. The van der Waals surface area contributed by atoms with Gasteiger partial charge in [0.2, 0.25) is 10.0 Å². The summed E-state index contributed by atoms with van der Waals surface area (Å²) in [5, 5.41) is 0. The number of nitrogens with one attached hydrogen (secondary N) is 1. The number of hydrogen-bond donors (Lipinski definition) is 1. The molecule has 0 saturated carbocycles. The molecule has 0 aliphatic carbocycles. The van der Waals surface area contributed by atoms with Gasteiger partial charge in [0.15, 0.2) is 0 Å². The second-order valence-electron chi connectivity index (χ2n) is 6.26. The minimum Gasteiger partial charge on any atom is -0.212 e. The van der Waals surface area contributed by atoms with Crippen molar-refractivity contribution in [3.8, 4) is 0 Å². The van der Waals surface area contributed by atoms with E-state index in [9.17, 15) is 12.8 Å². The monoisotopic (exact) mass is 369 g/mol. The first kappa shape index (κ1) is 18.3. The van der Waals surface area contributed by atoms with Crippen LogP contribution in [-0.2, 0) is 15.8 Å². The number of benzene rings is 3. The van der Waals surface area contributed by atoms with Gasteiger partial charge in [-0.05, 0) is 35.7 Å². The van der Waals surface area contributed by atoms with E-state index in [2.05, 4.69) is 4.72 Å². The van der Waals surface area contributed by atoms with Crippen molar-refractivity contribution in [2.45, 2.75) is 18.7 Å². The normalized spacial score (nSPS) is 12.7. The number of rotatable bonds is 6. The highest BCUT2D eigenvalue weighted by atomic mass is 32.2. The van der Waals surface area contributed by atoms with Crippen LogP contribution in [0.15, 0.2) is 78.9 Å². The Morgan fingerprint density at radius 3 is 2.04 bits per heavy atom. The molecule has 1 N–H and O–H groups in total. The highest BCUT2D eigenvalue weighted by molar-refractivity contribution is 7.88. The van der Waals surface area contributed by atoms with Crippen molar-refractivity contribution in [2.75, 3.05) is 0 Å². The lowest BCUT2D eigenvalue weighted by atomic mass is 9.99. The van der Waals surface area contributed by atoms with Crippen molar-refractivity contribution in [1.82, 2.24) is 4.72 Å². The zero-order valence-corrected chi connectivity index (χ0v) is 15.2. The third-order valence-corrected chi connectivity index (χ3v) is 5.42. The highest BCUT2D eigenvalue weighted by Crippen LogP contribution is 2.24. The number of hydrogen-bond acceptors (Lipinski definition) is 2. The smallest absolute Gasteiger partial charge is 0.212 e. The standard InChI is InChI=1S/C21H20FNO2S/c1-16-7-11-19(12-8-16)21(18-5-3-2-4-6-18)23-26(24,25)15-17-9-13-20(22)14-10-17/h2-14,21,23H,15H2,1H3/t21-/m1/s1. The predicted molar refractivity (Wildman–Crippen MR) is 102 cm³/mol. The molecule has 26 heavy (non-hydrogen) atoms. The summed E-state index contributed by atoms with van der Waals surface area (Å²) in [5.74, 6) is -0.594. The Balaban J connectivity index is 1.89. The lowest BCUT2D eigenvalue weighted by Gasteiger charge is -2.20. The Kier molecular flexibility index (Phi) is 5.49. The van der Waals surface area contributed by atoms with E-state index in [1.54, 1.807) is 0 Å². The second kappa shape index (κ2) is 7.81. The van der Waals surface area contributed by atoms with Gasteiger partial charge in [0.1, 0.15) is 5.82 Å². The van der Waals surface area contributed by atoms with Crippen LogP contribution in [0.5, 0.6) is 0 Å². The minimum absolute atomic E-state index is 0.206. The quantitative estimate of drug-likeness (QED) is 0.702. The summed E-state index contributed by atoms with van der Waals surface area (Å²) < 4.78 is 41.2. The molecule has 0 aliphatic rings. The van der Waals surface area contributed by atoms with E-state index in [0.717, 1.165) is 16.7 Å². The van der Waals surface area contributed by atoms with Gasteiger partial charge in [-0.2, -0.15) is 0 Å². The van der Waals surface area contributed by atoms with Crippen LogP contribution in [0.3, 0.4) is 0 Å². The summed E-state index contributed by atoms with van der Waals surface area (Å²) >= 11 is 0. The fraction of sp³-hybridized carbons (Fsp3) is 0.143. The lowest BCUT2D eigenvalue weighted by molar-refractivity contribution is 0.571. The molecule has 0 saturated heterocycles. The third-order valence-electron chi connectivity index (χ3n) is 4.11. The van der Waals surface area contributed by atoms with Crippen LogP contribution in [0.4, 0.5) is 4.39 Å². The van der Waals surface area contributed by atoms with Gasteiger partial charge < -0.3 is 0 Å². The van der Waals surface area contributed by atoms with Crippen LogP contribution in [0, 0.1) is 12.7 Å². The first-order chi connectivity index (χ1) is 12.4. The van der Waals surface area contributed by atoms with E-state index >= 15 is 0 Å². The number of aryl methyl sites for hydroxylation is 1. The molecule has 3 rings (SSSR count). The molecular formula is C21H20FNO2S. The topological polar surface area (TPSA) is 46.2 Å². The molecule has 0 amide bonds. The minimum atomic E-state index is -3.63. The van der Waals surface area contributed by atoms with Crippen molar-refractivity contribution in [3.63, 3.8) is 0 Å². The lowest BCUT2D eigenvalue weighted by Crippen LogP contribution is -2.30. The zero-order chi connectivity index (χ0) is 18.6. The Bertz CT molecular complexity index is 953. The molecule has 1 atom stereocenters. The van der Waals surface area contributed by atoms with Crippen LogP contribution in [-0.4, -0.2) is 8.42 Å². The number of halogens is 1. The molecule has 0 radical (unpaired) electrons. The molecule has 134 valence electrons. The third kappa shape index (κ3) is 4.77. The van der Waals surface area contributed by atoms with Crippen LogP contribution >= 0.6 is 0 Å². The van der Waals surface area contributed by atoms with Crippen molar-refractivity contribution in [1.29, 1.82) is 0 Å². The van der Waals surface area contributed by atoms with Gasteiger partial charge in [-0.15, -0.1) is 0 Å². The Labute approximate surface area is 153 Å². The Hall–Kier alpha value is -2.50. The molecule has 3 nitrogen and oxygen atoms in total. The molecular weight excluding hydrogens is 349 g/mol. The summed E-state index contributed by atoms with van der Waals surface area (Å²) in [7, 11) is -3.63. The van der Waals surface area contributed by atoms with Crippen molar-refractivity contribution in [3.05, 3.63) is 107 Å².